The summed E-state index contributed by atoms with van der Waals surface area (Å²) in [5.74, 6) is -0.876. The Morgan fingerprint density at radius 2 is 1.71 bits per heavy atom. The number of hydrogen-bond acceptors (Lipinski definition) is 3. The molecule has 2 aromatic carbocycles. The SMILES string of the molecule is C=C1CN(c2ccc(Cl)cc2)C(=O)[C@@](C(=O)OC(C)(C)C)(c2ccccc2)C1. The second kappa shape index (κ2) is 7.44. The number of benzene rings is 2. The zero-order valence-electron chi connectivity index (χ0n) is 16.4. The molecular formula is C23H24ClNO3. The molecule has 1 aliphatic heterocycles. The number of hydrogen-bond donors (Lipinski definition) is 0. The van der Waals surface area contributed by atoms with Crippen molar-refractivity contribution in [3.8, 4) is 0 Å². The summed E-state index contributed by atoms with van der Waals surface area (Å²) in [7, 11) is 0. The third kappa shape index (κ3) is 3.83. The number of carbonyl (C=O) groups excluding carboxylic acids is 2. The standard InChI is InChI=1S/C23H24ClNO3/c1-16-14-23(17-8-6-5-7-9-17,21(27)28-22(2,3)4)20(26)25(15-16)19-12-10-18(24)11-13-19/h5-13H,1,14-15H2,2-4H3/t23-/m0/s1. The summed E-state index contributed by atoms with van der Waals surface area (Å²) >= 11 is 6.00. The highest BCUT2D eigenvalue weighted by atomic mass is 35.5. The van der Waals surface area contributed by atoms with Gasteiger partial charge in [-0.15, -0.1) is 0 Å². The summed E-state index contributed by atoms with van der Waals surface area (Å²) < 4.78 is 5.71. The highest BCUT2D eigenvalue weighted by Gasteiger charge is 2.54. The van der Waals surface area contributed by atoms with Gasteiger partial charge in [-0.1, -0.05) is 54.1 Å². The molecule has 1 aliphatic rings. The third-order valence-electron chi connectivity index (χ3n) is 4.66. The lowest BCUT2D eigenvalue weighted by molar-refractivity contribution is -0.165. The molecule has 0 radical (unpaired) electrons. The Kier molecular flexibility index (Phi) is 5.35. The van der Waals surface area contributed by atoms with Crippen LogP contribution in [0.15, 0.2) is 66.7 Å². The van der Waals surface area contributed by atoms with Crippen LogP contribution in [-0.4, -0.2) is 24.0 Å². The third-order valence-corrected chi connectivity index (χ3v) is 4.91. The molecule has 5 heteroatoms. The molecule has 1 fully saturated rings. The van der Waals surface area contributed by atoms with E-state index in [1.165, 1.54) is 0 Å². The summed E-state index contributed by atoms with van der Waals surface area (Å²) in [5.41, 5.74) is -0.135. The predicted molar refractivity (Wildman–Crippen MR) is 112 cm³/mol. The first-order chi connectivity index (χ1) is 13.1. The van der Waals surface area contributed by atoms with Gasteiger partial charge in [-0.3, -0.25) is 9.59 Å². The topological polar surface area (TPSA) is 46.6 Å². The molecule has 0 saturated carbocycles. The Morgan fingerprint density at radius 3 is 2.29 bits per heavy atom. The van der Waals surface area contributed by atoms with Gasteiger partial charge in [0.2, 0.25) is 5.91 Å². The molecule has 0 spiro atoms. The average Bonchev–Trinajstić information content (AvgIpc) is 2.63. The average molecular weight is 398 g/mol. The largest absolute Gasteiger partial charge is 0.459 e. The highest BCUT2D eigenvalue weighted by Crippen LogP contribution is 2.41. The van der Waals surface area contributed by atoms with Crippen molar-refractivity contribution < 1.29 is 14.3 Å². The van der Waals surface area contributed by atoms with E-state index in [4.69, 9.17) is 16.3 Å². The Balaban J connectivity index is 2.14. The van der Waals surface area contributed by atoms with Crippen LogP contribution in [0.4, 0.5) is 5.69 Å². The lowest BCUT2D eigenvalue weighted by atomic mass is 9.71. The molecule has 0 N–H and O–H groups in total. The van der Waals surface area contributed by atoms with E-state index in [9.17, 15) is 9.59 Å². The number of esters is 1. The van der Waals surface area contributed by atoms with Crippen LogP contribution >= 0.6 is 11.6 Å². The van der Waals surface area contributed by atoms with Gasteiger partial charge in [0.15, 0.2) is 5.41 Å². The fraction of sp³-hybridized carbons (Fsp3) is 0.304. The van der Waals surface area contributed by atoms with Crippen LogP contribution in [0.3, 0.4) is 0 Å². The molecule has 0 aromatic heterocycles. The van der Waals surface area contributed by atoms with Gasteiger partial charge in [0.1, 0.15) is 5.60 Å². The monoisotopic (exact) mass is 397 g/mol. The molecule has 146 valence electrons. The van der Waals surface area contributed by atoms with Crippen LogP contribution in [0.25, 0.3) is 0 Å². The molecule has 2 aromatic rings. The molecule has 1 heterocycles. The lowest BCUT2D eigenvalue weighted by Gasteiger charge is -2.42. The fourth-order valence-corrected chi connectivity index (χ4v) is 3.58. The minimum Gasteiger partial charge on any atom is -0.459 e. The molecule has 28 heavy (non-hydrogen) atoms. The zero-order chi connectivity index (χ0) is 20.5. The smallest absolute Gasteiger partial charge is 0.327 e. The van der Waals surface area contributed by atoms with Crippen LogP contribution in [-0.2, 0) is 19.7 Å². The first kappa shape index (κ1) is 20.2. The quantitative estimate of drug-likeness (QED) is 0.420. The van der Waals surface area contributed by atoms with Crippen LogP contribution in [0.2, 0.25) is 5.02 Å². The van der Waals surface area contributed by atoms with Crippen molar-refractivity contribution in [3.63, 3.8) is 0 Å². The molecule has 0 bridgehead atoms. The minimum absolute atomic E-state index is 0.217. The van der Waals surface area contributed by atoms with Gasteiger partial charge in [0.25, 0.3) is 0 Å². The molecule has 1 amide bonds. The fourth-order valence-electron chi connectivity index (χ4n) is 3.45. The summed E-state index contributed by atoms with van der Waals surface area (Å²) in [6.07, 6.45) is 0.217. The minimum atomic E-state index is -1.47. The highest BCUT2D eigenvalue weighted by molar-refractivity contribution is 6.30. The normalized spacial score (nSPS) is 20.2. The van der Waals surface area contributed by atoms with E-state index in [0.29, 0.717) is 22.8 Å². The van der Waals surface area contributed by atoms with Crippen molar-refractivity contribution in [1.29, 1.82) is 0 Å². The maximum absolute atomic E-state index is 13.8. The molecular weight excluding hydrogens is 374 g/mol. The number of piperidine rings is 1. The number of halogens is 1. The molecule has 1 atom stereocenters. The van der Waals surface area contributed by atoms with E-state index in [-0.39, 0.29) is 12.3 Å². The van der Waals surface area contributed by atoms with Gasteiger partial charge in [0, 0.05) is 17.3 Å². The molecule has 1 saturated heterocycles. The van der Waals surface area contributed by atoms with Crippen molar-refractivity contribution >= 4 is 29.2 Å². The zero-order valence-corrected chi connectivity index (χ0v) is 17.1. The van der Waals surface area contributed by atoms with Crippen molar-refractivity contribution in [2.75, 3.05) is 11.4 Å². The Hall–Kier alpha value is -2.59. The van der Waals surface area contributed by atoms with Gasteiger partial charge < -0.3 is 9.64 Å². The van der Waals surface area contributed by atoms with Crippen LogP contribution in [0.5, 0.6) is 0 Å². The first-order valence-electron chi connectivity index (χ1n) is 9.17. The van der Waals surface area contributed by atoms with Crippen LogP contribution in [0.1, 0.15) is 32.8 Å². The van der Waals surface area contributed by atoms with Crippen molar-refractivity contribution in [2.24, 2.45) is 0 Å². The van der Waals surface area contributed by atoms with Crippen LogP contribution in [0, 0.1) is 0 Å². The molecule has 0 aliphatic carbocycles. The van der Waals surface area contributed by atoms with Gasteiger partial charge in [-0.2, -0.15) is 0 Å². The van der Waals surface area contributed by atoms with Gasteiger partial charge in [0.05, 0.1) is 0 Å². The molecule has 4 nitrogen and oxygen atoms in total. The summed E-state index contributed by atoms with van der Waals surface area (Å²) in [4.78, 5) is 28.7. The van der Waals surface area contributed by atoms with E-state index in [1.807, 2.05) is 18.2 Å². The summed E-state index contributed by atoms with van der Waals surface area (Å²) in [5, 5.41) is 0.577. The van der Waals surface area contributed by atoms with Gasteiger partial charge in [-0.25, -0.2) is 0 Å². The lowest BCUT2D eigenvalue weighted by Crippen LogP contribution is -2.58. The maximum Gasteiger partial charge on any atom is 0.327 e. The summed E-state index contributed by atoms with van der Waals surface area (Å²) in [6.45, 7) is 9.84. The molecule has 3 rings (SSSR count). The van der Waals surface area contributed by atoms with Crippen LogP contribution < -0.4 is 4.90 Å². The number of rotatable bonds is 3. The number of ether oxygens (including phenoxy) is 1. The summed E-state index contributed by atoms with van der Waals surface area (Å²) in [6, 6.07) is 16.1. The number of carbonyl (C=O) groups is 2. The number of anilines is 1. The predicted octanol–water partition coefficient (Wildman–Crippen LogP) is 4.91. The van der Waals surface area contributed by atoms with E-state index in [0.717, 1.165) is 5.57 Å². The van der Waals surface area contributed by atoms with Crippen molar-refractivity contribution in [1.82, 2.24) is 0 Å². The van der Waals surface area contributed by atoms with E-state index >= 15 is 0 Å². The van der Waals surface area contributed by atoms with Gasteiger partial charge in [-0.05, 0) is 57.0 Å². The molecule has 0 unspecified atom stereocenters. The van der Waals surface area contributed by atoms with E-state index in [1.54, 1.807) is 62.1 Å². The number of amides is 1. The van der Waals surface area contributed by atoms with Crippen molar-refractivity contribution in [2.45, 2.75) is 38.2 Å². The Bertz CT molecular complexity index is 900. The Labute approximate surface area is 170 Å². The maximum atomic E-state index is 13.8. The second-order valence-electron chi connectivity index (χ2n) is 8.07. The van der Waals surface area contributed by atoms with E-state index < -0.39 is 17.0 Å². The Morgan fingerprint density at radius 1 is 1.11 bits per heavy atom. The van der Waals surface area contributed by atoms with Gasteiger partial charge >= 0.3 is 5.97 Å². The van der Waals surface area contributed by atoms with E-state index in [2.05, 4.69) is 6.58 Å². The van der Waals surface area contributed by atoms with Crippen molar-refractivity contribution in [3.05, 3.63) is 77.3 Å². The second-order valence-corrected chi connectivity index (χ2v) is 8.50. The first-order valence-corrected chi connectivity index (χ1v) is 9.54. The number of nitrogens with zero attached hydrogens (tertiary/aromatic N) is 1.